The Kier molecular flexibility index (Phi) is 5.05. The first-order valence-corrected chi connectivity index (χ1v) is 10.2. The van der Waals surface area contributed by atoms with Gasteiger partial charge in [0.25, 0.3) is 0 Å². The Labute approximate surface area is 168 Å². The summed E-state index contributed by atoms with van der Waals surface area (Å²) in [6, 6.07) is 8.36. The maximum absolute atomic E-state index is 9.47. The van der Waals surface area contributed by atoms with Crippen LogP contribution in [0.4, 0.5) is 5.82 Å². The van der Waals surface area contributed by atoms with Gasteiger partial charge in [-0.05, 0) is 43.5 Å². The van der Waals surface area contributed by atoms with E-state index in [0.717, 1.165) is 40.0 Å². The number of ether oxygens (including phenoxy) is 2. The number of anilines is 1. The minimum Gasteiger partial charge on any atom is -0.493 e. The number of benzene rings is 1. The summed E-state index contributed by atoms with van der Waals surface area (Å²) in [5, 5.41) is 14.0. The molecule has 0 saturated heterocycles. The second-order valence-corrected chi connectivity index (χ2v) is 7.94. The van der Waals surface area contributed by atoms with E-state index in [9.17, 15) is 5.26 Å². The second kappa shape index (κ2) is 7.64. The lowest BCUT2D eigenvalue weighted by Crippen LogP contribution is -2.16. The van der Waals surface area contributed by atoms with E-state index < -0.39 is 0 Å². The van der Waals surface area contributed by atoms with E-state index >= 15 is 0 Å². The number of hydrogen-bond donors (Lipinski definition) is 1. The summed E-state index contributed by atoms with van der Waals surface area (Å²) in [5.41, 5.74) is 1.79. The molecule has 4 rings (SSSR count). The van der Waals surface area contributed by atoms with E-state index in [2.05, 4.69) is 11.4 Å². The summed E-state index contributed by atoms with van der Waals surface area (Å²) in [5.74, 6) is 2.72. The first-order chi connectivity index (χ1) is 13.6. The largest absolute Gasteiger partial charge is 0.493 e. The van der Waals surface area contributed by atoms with E-state index in [0.29, 0.717) is 28.2 Å². The molecule has 0 radical (unpaired) electrons. The van der Waals surface area contributed by atoms with Gasteiger partial charge in [-0.25, -0.2) is 9.97 Å². The van der Waals surface area contributed by atoms with Crippen LogP contribution in [0.3, 0.4) is 0 Å². The van der Waals surface area contributed by atoms with Crippen molar-refractivity contribution in [3.05, 3.63) is 28.6 Å². The molecule has 144 valence electrons. The van der Waals surface area contributed by atoms with Crippen LogP contribution >= 0.6 is 11.3 Å². The fourth-order valence-corrected chi connectivity index (χ4v) is 4.70. The zero-order valence-corrected chi connectivity index (χ0v) is 17.0. The number of nitriles is 1. The van der Waals surface area contributed by atoms with Gasteiger partial charge in [-0.15, -0.1) is 11.3 Å². The maximum atomic E-state index is 9.47. The van der Waals surface area contributed by atoms with Gasteiger partial charge < -0.3 is 14.8 Å². The Bertz CT molecular complexity index is 1060. The predicted molar refractivity (Wildman–Crippen MR) is 111 cm³/mol. The smallest absolute Gasteiger partial charge is 0.163 e. The maximum Gasteiger partial charge on any atom is 0.163 e. The minimum atomic E-state index is 0.418. The first-order valence-electron chi connectivity index (χ1n) is 9.34. The molecule has 1 aliphatic rings. The van der Waals surface area contributed by atoms with Crippen molar-refractivity contribution in [1.82, 2.24) is 9.97 Å². The second-order valence-electron chi connectivity index (χ2n) is 6.94. The molecule has 7 heteroatoms. The topological polar surface area (TPSA) is 80.1 Å². The normalized spacial score (nSPS) is 14.2. The number of rotatable bonds is 5. The molecule has 1 aromatic carbocycles. The molecular formula is C21H22N4O2S. The average molecular weight is 395 g/mol. The highest BCUT2D eigenvalue weighted by Gasteiger charge is 2.21. The van der Waals surface area contributed by atoms with Gasteiger partial charge in [0.2, 0.25) is 0 Å². The van der Waals surface area contributed by atoms with Crippen molar-refractivity contribution < 1.29 is 9.47 Å². The molecule has 3 aromatic rings. The minimum absolute atomic E-state index is 0.418. The Balaban J connectivity index is 1.86. The van der Waals surface area contributed by atoms with Crippen molar-refractivity contribution in [3.8, 4) is 29.0 Å². The molecule has 0 unspecified atom stereocenters. The molecule has 0 aliphatic heterocycles. The zero-order valence-electron chi connectivity index (χ0n) is 16.2. The molecule has 0 atom stereocenters. The van der Waals surface area contributed by atoms with E-state index in [-0.39, 0.29) is 0 Å². The fraction of sp³-hybridized carbons (Fsp3) is 0.381. The van der Waals surface area contributed by atoms with Gasteiger partial charge in [0.15, 0.2) is 17.3 Å². The van der Waals surface area contributed by atoms with Crippen LogP contribution in [0.1, 0.15) is 36.1 Å². The third kappa shape index (κ3) is 3.25. The number of hydrogen-bond acceptors (Lipinski definition) is 7. The number of nitrogens with zero attached hydrogens (tertiary/aromatic N) is 3. The Morgan fingerprint density at radius 3 is 2.57 bits per heavy atom. The summed E-state index contributed by atoms with van der Waals surface area (Å²) in [6.45, 7) is 1.97. The lowest BCUT2D eigenvalue weighted by Gasteiger charge is -2.15. The molecule has 1 fully saturated rings. The summed E-state index contributed by atoms with van der Waals surface area (Å²) < 4.78 is 10.8. The molecule has 6 nitrogen and oxygen atoms in total. The van der Waals surface area contributed by atoms with Crippen molar-refractivity contribution in [2.45, 2.75) is 38.6 Å². The number of aromatic nitrogens is 2. The van der Waals surface area contributed by atoms with Crippen LogP contribution in [0.2, 0.25) is 0 Å². The van der Waals surface area contributed by atoms with Crippen LogP contribution in [0, 0.1) is 18.3 Å². The molecule has 0 amide bonds. The molecule has 1 aliphatic carbocycles. The Morgan fingerprint density at radius 2 is 1.89 bits per heavy atom. The molecular weight excluding hydrogens is 372 g/mol. The number of aryl methyl sites for hydroxylation is 1. The highest BCUT2D eigenvalue weighted by atomic mass is 32.1. The predicted octanol–water partition coefficient (Wildman–Crippen LogP) is 4.91. The average Bonchev–Trinajstić information content (AvgIpc) is 3.34. The van der Waals surface area contributed by atoms with Gasteiger partial charge in [-0.1, -0.05) is 12.8 Å². The molecule has 0 bridgehead atoms. The van der Waals surface area contributed by atoms with Crippen LogP contribution in [0.25, 0.3) is 21.6 Å². The van der Waals surface area contributed by atoms with Gasteiger partial charge in [-0.2, -0.15) is 5.26 Å². The van der Waals surface area contributed by atoms with Crippen LogP contribution in [0.15, 0.2) is 18.2 Å². The monoisotopic (exact) mass is 394 g/mol. The lowest BCUT2D eigenvalue weighted by molar-refractivity contribution is 0.355. The highest BCUT2D eigenvalue weighted by Crippen LogP contribution is 2.38. The third-order valence-corrected chi connectivity index (χ3v) is 6.32. The number of fused-ring (bicyclic) bond motifs is 1. The van der Waals surface area contributed by atoms with Crippen molar-refractivity contribution >= 4 is 27.4 Å². The number of methoxy groups -OCH3 is 2. The number of thiophene rings is 1. The molecule has 1 saturated carbocycles. The summed E-state index contributed by atoms with van der Waals surface area (Å²) in [6.07, 6.45) is 4.76. The van der Waals surface area contributed by atoms with Crippen LogP contribution in [-0.2, 0) is 0 Å². The van der Waals surface area contributed by atoms with E-state index in [1.54, 1.807) is 14.2 Å². The van der Waals surface area contributed by atoms with Crippen molar-refractivity contribution in [2.75, 3.05) is 19.5 Å². The lowest BCUT2D eigenvalue weighted by atomic mass is 10.1. The van der Waals surface area contributed by atoms with Gasteiger partial charge in [0.05, 0.1) is 19.6 Å². The standard InChI is InChI=1S/C21H22N4O2S/c1-12-17(11-22)28-21-18(12)20(23-14-6-4-5-7-14)24-19(25-21)13-8-9-15(26-2)16(10-13)27-3/h8-10,14H,4-7H2,1-3H3,(H,23,24,25). The van der Waals surface area contributed by atoms with Crippen molar-refractivity contribution in [1.29, 1.82) is 5.26 Å². The van der Waals surface area contributed by atoms with Crippen molar-refractivity contribution in [3.63, 3.8) is 0 Å². The fourth-order valence-electron chi connectivity index (χ4n) is 3.72. The molecule has 2 heterocycles. The van der Waals surface area contributed by atoms with Gasteiger partial charge in [0.1, 0.15) is 21.6 Å². The van der Waals surface area contributed by atoms with E-state index in [4.69, 9.17) is 19.4 Å². The van der Waals surface area contributed by atoms with Crippen LogP contribution in [-0.4, -0.2) is 30.2 Å². The third-order valence-electron chi connectivity index (χ3n) is 5.23. The zero-order chi connectivity index (χ0) is 19.7. The Hall–Kier alpha value is -2.85. The molecule has 1 N–H and O–H groups in total. The van der Waals surface area contributed by atoms with Gasteiger partial charge in [0, 0.05) is 11.6 Å². The van der Waals surface area contributed by atoms with E-state index in [1.807, 2.05) is 25.1 Å². The van der Waals surface area contributed by atoms with Crippen LogP contribution < -0.4 is 14.8 Å². The summed E-state index contributed by atoms with van der Waals surface area (Å²) in [4.78, 5) is 11.1. The summed E-state index contributed by atoms with van der Waals surface area (Å²) >= 11 is 1.41. The SMILES string of the molecule is COc1ccc(-c2nc(NC3CCCC3)c3c(C)c(C#N)sc3n2)cc1OC. The molecule has 0 spiro atoms. The molecule has 28 heavy (non-hydrogen) atoms. The Morgan fingerprint density at radius 1 is 1.14 bits per heavy atom. The van der Waals surface area contributed by atoms with E-state index in [1.165, 1.54) is 24.2 Å². The van der Waals surface area contributed by atoms with Crippen molar-refractivity contribution in [2.24, 2.45) is 0 Å². The van der Waals surface area contributed by atoms with Crippen LogP contribution in [0.5, 0.6) is 11.5 Å². The number of nitrogens with one attached hydrogen (secondary N) is 1. The molecule has 2 aromatic heterocycles. The van der Waals surface area contributed by atoms with Gasteiger partial charge in [-0.3, -0.25) is 0 Å². The highest BCUT2D eigenvalue weighted by molar-refractivity contribution is 7.19. The first kappa shape index (κ1) is 18.5. The quantitative estimate of drug-likeness (QED) is 0.662. The summed E-state index contributed by atoms with van der Waals surface area (Å²) in [7, 11) is 3.22. The van der Waals surface area contributed by atoms with Gasteiger partial charge >= 0.3 is 0 Å².